The summed E-state index contributed by atoms with van der Waals surface area (Å²) in [5, 5.41) is 0.738. The molecule has 0 fully saturated rings. The van der Waals surface area contributed by atoms with Gasteiger partial charge < -0.3 is 10.6 Å². The molecule has 0 unspecified atom stereocenters. The van der Waals surface area contributed by atoms with Gasteiger partial charge in [0.15, 0.2) is 0 Å². The van der Waals surface area contributed by atoms with Gasteiger partial charge in [0.1, 0.15) is 0 Å². The predicted molar refractivity (Wildman–Crippen MR) is 87.9 cm³/mol. The minimum Gasteiger partial charge on any atom is -0.341 e. The Kier molecular flexibility index (Phi) is 4.69. The first-order valence-corrected chi connectivity index (χ1v) is 7.30. The summed E-state index contributed by atoms with van der Waals surface area (Å²) in [5.41, 5.74) is 10.4. The van der Waals surface area contributed by atoms with E-state index in [1.54, 1.807) is 0 Å². The Labute approximate surface area is 126 Å². The summed E-state index contributed by atoms with van der Waals surface area (Å²) < 4.78 is 0. The van der Waals surface area contributed by atoms with Crippen LogP contribution in [-0.2, 0) is 0 Å². The molecule has 0 aromatic heterocycles. The van der Waals surface area contributed by atoms with Crippen molar-refractivity contribution < 1.29 is 0 Å². The standard InChI is InChI=1S/C17H21ClN2/c1-4-20(15-8-5-12(2)6-9-15)17-10-7-14(13(3)19)11-16(17)18/h5-11,13H,4,19H2,1-3H3/t13-/m0/s1. The van der Waals surface area contributed by atoms with Crippen LogP contribution in [-0.4, -0.2) is 6.54 Å². The number of benzene rings is 2. The van der Waals surface area contributed by atoms with Gasteiger partial charge >= 0.3 is 0 Å². The second-order valence-electron chi connectivity index (χ2n) is 5.08. The van der Waals surface area contributed by atoms with E-state index in [-0.39, 0.29) is 6.04 Å². The van der Waals surface area contributed by atoms with Gasteiger partial charge in [0.05, 0.1) is 10.7 Å². The number of aryl methyl sites for hydroxylation is 1. The number of halogens is 1. The summed E-state index contributed by atoms with van der Waals surface area (Å²) in [7, 11) is 0. The van der Waals surface area contributed by atoms with Gasteiger partial charge in [-0.05, 0) is 50.6 Å². The highest BCUT2D eigenvalue weighted by Gasteiger charge is 2.12. The van der Waals surface area contributed by atoms with E-state index in [0.717, 1.165) is 28.5 Å². The predicted octanol–water partition coefficient (Wildman–Crippen LogP) is 4.83. The van der Waals surface area contributed by atoms with E-state index in [1.165, 1.54) is 5.56 Å². The van der Waals surface area contributed by atoms with Crippen LogP contribution in [0.3, 0.4) is 0 Å². The highest BCUT2D eigenvalue weighted by Crippen LogP contribution is 2.33. The van der Waals surface area contributed by atoms with E-state index < -0.39 is 0 Å². The Hall–Kier alpha value is -1.51. The molecule has 0 aliphatic rings. The third-order valence-corrected chi connectivity index (χ3v) is 3.75. The average molecular weight is 289 g/mol. The molecule has 2 N–H and O–H groups in total. The van der Waals surface area contributed by atoms with E-state index in [2.05, 4.69) is 43.0 Å². The van der Waals surface area contributed by atoms with E-state index >= 15 is 0 Å². The van der Waals surface area contributed by atoms with Crippen LogP contribution in [0.1, 0.15) is 31.0 Å². The smallest absolute Gasteiger partial charge is 0.0646 e. The Morgan fingerprint density at radius 1 is 1.15 bits per heavy atom. The van der Waals surface area contributed by atoms with Crippen molar-refractivity contribution in [3.63, 3.8) is 0 Å². The van der Waals surface area contributed by atoms with Crippen LogP contribution in [0.25, 0.3) is 0 Å². The minimum absolute atomic E-state index is 0.00370. The normalized spacial score (nSPS) is 12.2. The molecule has 0 aliphatic heterocycles. The van der Waals surface area contributed by atoms with Crippen LogP contribution in [0.15, 0.2) is 42.5 Å². The van der Waals surface area contributed by atoms with Crippen molar-refractivity contribution in [1.82, 2.24) is 0 Å². The summed E-state index contributed by atoms with van der Waals surface area (Å²) in [6.07, 6.45) is 0. The third-order valence-electron chi connectivity index (χ3n) is 3.45. The van der Waals surface area contributed by atoms with Gasteiger partial charge in [-0.25, -0.2) is 0 Å². The molecule has 0 heterocycles. The Bertz CT molecular complexity index is 576. The Morgan fingerprint density at radius 2 is 1.80 bits per heavy atom. The molecule has 0 bridgehead atoms. The van der Waals surface area contributed by atoms with Gasteiger partial charge in [-0.3, -0.25) is 0 Å². The van der Waals surface area contributed by atoms with Gasteiger partial charge in [0.25, 0.3) is 0 Å². The topological polar surface area (TPSA) is 29.3 Å². The lowest BCUT2D eigenvalue weighted by Gasteiger charge is -2.25. The monoisotopic (exact) mass is 288 g/mol. The Morgan fingerprint density at radius 3 is 2.30 bits per heavy atom. The van der Waals surface area contributed by atoms with Gasteiger partial charge in [-0.15, -0.1) is 0 Å². The number of nitrogens with zero attached hydrogens (tertiary/aromatic N) is 1. The van der Waals surface area contributed by atoms with Crippen molar-refractivity contribution in [2.24, 2.45) is 5.73 Å². The molecule has 0 saturated heterocycles. The fourth-order valence-electron chi connectivity index (χ4n) is 2.24. The van der Waals surface area contributed by atoms with Crippen LogP contribution >= 0.6 is 11.6 Å². The fourth-order valence-corrected chi connectivity index (χ4v) is 2.53. The van der Waals surface area contributed by atoms with Crippen LogP contribution in [0, 0.1) is 6.92 Å². The lowest BCUT2D eigenvalue weighted by atomic mass is 10.1. The zero-order valence-electron chi connectivity index (χ0n) is 12.2. The van der Waals surface area contributed by atoms with Gasteiger partial charge in [0, 0.05) is 18.3 Å². The van der Waals surface area contributed by atoms with Crippen LogP contribution < -0.4 is 10.6 Å². The molecule has 0 amide bonds. The van der Waals surface area contributed by atoms with E-state index in [4.69, 9.17) is 17.3 Å². The van der Waals surface area contributed by atoms with Crippen molar-refractivity contribution in [2.45, 2.75) is 26.8 Å². The maximum absolute atomic E-state index is 6.43. The molecule has 0 aliphatic carbocycles. The molecule has 2 aromatic rings. The fraction of sp³-hybridized carbons (Fsp3) is 0.294. The van der Waals surface area contributed by atoms with Crippen molar-refractivity contribution in [3.05, 3.63) is 58.6 Å². The minimum atomic E-state index is -0.00370. The zero-order chi connectivity index (χ0) is 14.7. The lowest BCUT2D eigenvalue weighted by molar-refractivity contribution is 0.818. The molecule has 2 aromatic carbocycles. The lowest BCUT2D eigenvalue weighted by Crippen LogP contribution is -2.16. The number of hydrogen-bond donors (Lipinski definition) is 1. The first-order valence-electron chi connectivity index (χ1n) is 6.92. The molecular formula is C17H21ClN2. The summed E-state index contributed by atoms with van der Waals surface area (Å²) >= 11 is 6.43. The summed E-state index contributed by atoms with van der Waals surface area (Å²) in [5.74, 6) is 0. The number of rotatable bonds is 4. The number of hydrogen-bond acceptors (Lipinski definition) is 2. The quantitative estimate of drug-likeness (QED) is 0.873. The zero-order valence-corrected chi connectivity index (χ0v) is 13.0. The molecule has 20 heavy (non-hydrogen) atoms. The van der Waals surface area contributed by atoms with Gasteiger partial charge in [-0.2, -0.15) is 0 Å². The van der Waals surface area contributed by atoms with Crippen LogP contribution in [0.2, 0.25) is 5.02 Å². The largest absolute Gasteiger partial charge is 0.341 e. The Balaban J connectivity index is 2.39. The van der Waals surface area contributed by atoms with E-state index in [1.807, 2.05) is 25.1 Å². The molecule has 0 spiro atoms. The average Bonchev–Trinajstić information content (AvgIpc) is 2.43. The molecular weight excluding hydrogens is 268 g/mol. The van der Waals surface area contributed by atoms with Crippen LogP contribution in [0.4, 0.5) is 11.4 Å². The highest BCUT2D eigenvalue weighted by atomic mass is 35.5. The van der Waals surface area contributed by atoms with Gasteiger partial charge in [-0.1, -0.05) is 35.4 Å². The van der Waals surface area contributed by atoms with Crippen molar-refractivity contribution in [2.75, 3.05) is 11.4 Å². The molecule has 106 valence electrons. The summed E-state index contributed by atoms with van der Waals surface area (Å²) in [6.45, 7) is 7.03. The van der Waals surface area contributed by atoms with Crippen molar-refractivity contribution in [3.8, 4) is 0 Å². The van der Waals surface area contributed by atoms with E-state index in [0.29, 0.717) is 0 Å². The summed E-state index contributed by atoms with van der Waals surface area (Å²) in [6, 6.07) is 14.5. The molecule has 2 nitrogen and oxygen atoms in total. The maximum Gasteiger partial charge on any atom is 0.0646 e. The molecule has 0 radical (unpaired) electrons. The SMILES string of the molecule is CCN(c1ccc(C)cc1)c1ccc([C@H](C)N)cc1Cl. The van der Waals surface area contributed by atoms with Crippen molar-refractivity contribution >= 4 is 23.0 Å². The second-order valence-corrected chi connectivity index (χ2v) is 5.49. The molecule has 1 atom stereocenters. The first kappa shape index (κ1) is 14.9. The molecule has 2 rings (SSSR count). The first-order chi connectivity index (χ1) is 9.52. The summed E-state index contributed by atoms with van der Waals surface area (Å²) in [4.78, 5) is 2.20. The van der Waals surface area contributed by atoms with Crippen molar-refractivity contribution in [1.29, 1.82) is 0 Å². The number of anilines is 2. The molecule has 0 saturated carbocycles. The van der Waals surface area contributed by atoms with Crippen LogP contribution in [0.5, 0.6) is 0 Å². The number of nitrogens with two attached hydrogens (primary N) is 1. The van der Waals surface area contributed by atoms with Gasteiger partial charge in [0.2, 0.25) is 0 Å². The second kappa shape index (κ2) is 6.29. The third kappa shape index (κ3) is 3.14. The molecule has 3 heteroatoms. The highest BCUT2D eigenvalue weighted by molar-refractivity contribution is 6.33. The maximum atomic E-state index is 6.43. The van der Waals surface area contributed by atoms with E-state index in [9.17, 15) is 0 Å².